The lowest BCUT2D eigenvalue weighted by Gasteiger charge is -2.09. The van der Waals surface area contributed by atoms with Gasteiger partial charge in [0, 0.05) is 12.7 Å². The molecule has 1 atom stereocenters. The van der Waals surface area contributed by atoms with Crippen LogP contribution in [0.1, 0.15) is 23.2 Å². The van der Waals surface area contributed by atoms with Crippen LogP contribution in [0, 0.1) is 5.92 Å². The van der Waals surface area contributed by atoms with Gasteiger partial charge in [0.25, 0.3) is 5.91 Å². The topological polar surface area (TPSA) is 67.2 Å². The first-order chi connectivity index (χ1) is 8.85. The molecule has 1 fully saturated rings. The second-order valence-corrected chi connectivity index (χ2v) is 4.66. The minimum atomic E-state index is -4.37. The fraction of sp³-hybridized carbons (Fsp3) is 0.636. The Balaban J connectivity index is 1.85. The Morgan fingerprint density at radius 3 is 2.84 bits per heavy atom. The van der Waals surface area contributed by atoms with E-state index in [1.807, 2.05) is 0 Å². The van der Waals surface area contributed by atoms with E-state index in [1.54, 1.807) is 0 Å². The minimum Gasteiger partial charge on any atom is -0.391 e. The van der Waals surface area contributed by atoms with Gasteiger partial charge in [0.2, 0.25) is 0 Å². The monoisotopic (exact) mass is 277 g/mol. The number of hydrogen-bond acceptors (Lipinski definition) is 3. The van der Waals surface area contributed by atoms with Crippen molar-refractivity contribution in [2.24, 2.45) is 5.92 Å². The number of aliphatic hydroxyl groups is 1. The van der Waals surface area contributed by atoms with Crippen LogP contribution in [0.2, 0.25) is 0 Å². The predicted octanol–water partition coefficient (Wildman–Crippen LogP) is 0.946. The maximum absolute atomic E-state index is 12.1. The summed E-state index contributed by atoms with van der Waals surface area (Å²) in [6, 6.07) is 0. The SMILES string of the molecule is O=C(NC[C@@H](O)C1CC1)c1cnn(CC(F)(F)F)c1. The van der Waals surface area contributed by atoms with Crippen molar-refractivity contribution in [3.63, 3.8) is 0 Å². The molecule has 1 amide bonds. The number of nitrogens with one attached hydrogen (secondary N) is 1. The quantitative estimate of drug-likeness (QED) is 0.842. The van der Waals surface area contributed by atoms with Gasteiger partial charge >= 0.3 is 6.18 Å². The summed E-state index contributed by atoms with van der Waals surface area (Å²) in [6.45, 7) is -1.13. The number of aromatic nitrogens is 2. The maximum atomic E-state index is 12.1. The van der Waals surface area contributed by atoms with Gasteiger partial charge in [0.05, 0.1) is 17.9 Å². The van der Waals surface area contributed by atoms with E-state index >= 15 is 0 Å². The summed E-state index contributed by atoms with van der Waals surface area (Å²) in [5.41, 5.74) is 0.0484. The van der Waals surface area contributed by atoms with Gasteiger partial charge in [-0.2, -0.15) is 18.3 Å². The van der Waals surface area contributed by atoms with Crippen molar-refractivity contribution in [3.8, 4) is 0 Å². The van der Waals surface area contributed by atoms with Gasteiger partial charge in [-0.05, 0) is 18.8 Å². The molecule has 1 aromatic rings. The van der Waals surface area contributed by atoms with Gasteiger partial charge in [0.15, 0.2) is 0 Å². The van der Waals surface area contributed by atoms with Crippen molar-refractivity contribution in [1.29, 1.82) is 0 Å². The number of hydrogen-bond donors (Lipinski definition) is 2. The second-order valence-electron chi connectivity index (χ2n) is 4.66. The molecule has 0 bridgehead atoms. The van der Waals surface area contributed by atoms with Gasteiger partial charge in [-0.25, -0.2) is 0 Å². The molecule has 19 heavy (non-hydrogen) atoms. The fourth-order valence-electron chi connectivity index (χ4n) is 1.70. The molecule has 0 unspecified atom stereocenters. The second kappa shape index (κ2) is 5.20. The molecule has 1 heterocycles. The lowest BCUT2D eigenvalue weighted by molar-refractivity contribution is -0.142. The lowest BCUT2D eigenvalue weighted by atomic mass is 10.2. The van der Waals surface area contributed by atoms with Crippen molar-refractivity contribution in [3.05, 3.63) is 18.0 Å². The zero-order valence-corrected chi connectivity index (χ0v) is 10.0. The van der Waals surface area contributed by atoms with E-state index in [1.165, 1.54) is 0 Å². The van der Waals surface area contributed by atoms with E-state index in [2.05, 4.69) is 10.4 Å². The molecule has 0 saturated heterocycles. The first-order valence-corrected chi connectivity index (χ1v) is 5.90. The summed E-state index contributed by atoms with van der Waals surface area (Å²) in [5.74, 6) is -0.304. The van der Waals surface area contributed by atoms with Crippen LogP contribution in [0.15, 0.2) is 12.4 Å². The first-order valence-electron chi connectivity index (χ1n) is 5.90. The van der Waals surface area contributed by atoms with Crippen molar-refractivity contribution >= 4 is 5.91 Å². The van der Waals surface area contributed by atoms with Gasteiger partial charge in [-0.1, -0.05) is 0 Å². The number of halogens is 3. The van der Waals surface area contributed by atoms with E-state index in [4.69, 9.17) is 0 Å². The molecular weight excluding hydrogens is 263 g/mol. The molecule has 1 saturated carbocycles. The van der Waals surface area contributed by atoms with Gasteiger partial charge < -0.3 is 10.4 Å². The van der Waals surface area contributed by atoms with Crippen molar-refractivity contribution < 1.29 is 23.1 Å². The molecule has 1 aromatic heterocycles. The Kier molecular flexibility index (Phi) is 3.79. The first kappa shape index (κ1) is 13.9. The molecular formula is C11H14F3N3O2. The third-order valence-electron chi connectivity index (χ3n) is 2.87. The Hall–Kier alpha value is -1.57. The third-order valence-corrected chi connectivity index (χ3v) is 2.87. The molecule has 0 spiro atoms. The highest BCUT2D eigenvalue weighted by molar-refractivity contribution is 5.93. The smallest absolute Gasteiger partial charge is 0.391 e. The summed E-state index contributed by atoms with van der Waals surface area (Å²) >= 11 is 0. The Labute approximate surface area is 107 Å². The Morgan fingerprint density at radius 1 is 1.58 bits per heavy atom. The number of amides is 1. The summed E-state index contributed by atoms with van der Waals surface area (Å²) in [7, 11) is 0. The number of nitrogens with zero attached hydrogens (tertiary/aromatic N) is 2. The fourth-order valence-corrected chi connectivity index (χ4v) is 1.70. The van der Waals surface area contributed by atoms with E-state index < -0.39 is 24.7 Å². The maximum Gasteiger partial charge on any atom is 0.408 e. The zero-order valence-electron chi connectivity index (χ0n) is 10.0. The van der Waals surface area contributed by atoms with Crippen LogP contribution in [0.4, 0.5) is 13.2 Å². The van der Waals surface area contributed by atoms with E-state index in [-0.39, 0.29) is 18.0 Å². The van der Waals surface area contributed by atoms with E-state index in [0.717, 1.165) is 25.2 Å². The molecule has 106 valence electrons. The van der Waals surface area contributed by atoms with Crippen LogP contribution in [-0.4, -0.2) is 39.6 Å². The van der Waals surface area contributed by atoms with Crippen molar-refractivity contribution in [1.82, 2.24) is 15.1 Å². The van der Waals surface area contributed by atoms with E-state index in [0.29, 0.717) is 4.68 Å². The van der Waals surface area contributed by atoms with Gasteiger partial charge in [-0.15, -0.1) is 0 Å². The molecule has 0 aliphatic heterocycles. The predicted molar refractivity (Wildman–Crippen MR) is 59.3 cm³/mol. The standard InChI is InChI=1S/C11H14F3N3O2/c12-11(13,14)6-17-5-8(3-16-17)10(19)15-4-9(18)7-1-2-7/h3,5,7,9,18H,1-2,4,6H2,(H,15,19)/t9-/m1/s1. The van der Waals surface area contributed by atoms with Crippen LogP contribution in [0.25, 0.3) is 0 Å². The lowest BCUT2D eigenvalue weighted by Crippen LogP contribution is -2.33. The largest absolute Gasteiger partial charge is 0.408 e. The average Bonchev–Trinajstić information content (AvgIpc) is 3.05. The highest BCUT2D eigenvalue weighted by Crippen LogP contribution is 2.32. The normalized spacial score (nSPS) is 17.3. The van der Waals surface area contributed by atoms with Crippen LogP contribution >= 0.6 is 0 Å². The number of alkyl halides is 3. The number of carbonyl (C=O) groups is 1. The van der Waals surface area contributed by atoms with Crippen molar-refractivity contribution in [2.75, 3.05) is 6.54 Å². The van der Waals surface area contributed by atoms with Crippen LogP contribution in [-0.2, 0) is 6.54 Å². The van der Waals surface area contributed by atoms with Gasteiger partial charge in [0.1, 0.15) is 6.54 Å². The van der Waals surface area contributed by atoms with Crippen molar-refractivity contribution in [2.45, 2.75) is 31.7 Å². The molecule has 1 aliphatic carbocycles. The number of carbonyl (C=O) groups excluding carboxylic acids is 1. The third kappa shape index (κ3) is 4.23. The number of aliphatic hydroxyl groups excluding tert-OH is 1. The highest BCUT2D eigenvalue weighted by Gasteiger charge is 2.30. The minimum absolute atomic E-state index is 0.0484. The van der Waals surface area contributed by atoms with Crippen LogP contribution < -0.4 is 5.32 Å². The van der Waals surface area contributed by atoms with Crippen LogP contribution in [0.3, 0.4) is 0 Å². The molecule has 0 radical (unpaired) electrons. The molecule has 5 nitrogen and oxygen atoms in total. The van der Waals surface area contributed by atoms with Crippen LogP contribution in [0.5, 0.6) is 0 Å². The average molecular weight is 277 g/mol. The Bertz CT molecular complexity index is 454. The number of rotatable bonds is 5. The highest BCUT2D eigenvalue weighted by atomic mass is 19.4. The summed E-state index contributed by atoms with van der Waals surface area (Å²) in [6.07, 6.45) is -0.964. The Morgan fingerprint density at radius 2 is 2.26 bits per heavy atom. The zero-order chi connectivity index (χ0) is 14.0. The summed E-state index contributed by atoms with van der Waals surface area (Å²) in [5, 5.41) is 15.5. The summed E-state index contributed by atoms with van der Waals surface area (Å²) in [4.78, 5) is 11.6. The molecule has 1 aliphatic rings. The molecule has 0 aromatic carbocycles. The molecule has 8 heteroatoms. The van der Waals surface area contributed by atoms with E-state index in [9.17, 15) is 23.1 Å². The molecule has 2 N–H and O–H groups in total. The molecule has 2 rings (SSSR count). The summed E-state index contributed by atoms with van der Waals surface area (Å²) < 4.78 is 37.0. The van der Waals surface area contributed by atoms with Gasteiger partial charge in [-0.3, -0.25) is 9.48 Å².